The van der Waals surface area contributed by atoms with Crippen molar-refractivity contribution in [2.75, 3.05) is 13.1 Å². The quantitative estimate of drug-likeness (QED) is 0.511. The van der Waals surface area contributed by atoms with Gasteiger partial charge >= 0.3 is 5.97 Å². The molecule has 1 fully saturated rings. The highest BCUT2D eigenvalue weighted by Gasteiger charge is 2.33. The Balaban J connectivity index is 1.85. The molecule has 1 atom stereocenters. The fourth-order valence-electron chi connectivity index (χ4n) is 2.31. The van der Waals surface area contributed by atoms with Gasteiger partial charge in [0.15, 0.2) is 0 Å². The number of carbonyl (C=O) groups excluding carboxylic acids is 2. The highest BCUT2D eigenvalue weighted by atomic mass is 16.5. The molecule has 6 N–H and O–H groups in total. The third-order valence-corrected chi connectivity index (χ3v) is 3.75. The lowest BCUT2D eigenvalue weighted by Crippen LogP contribution is -2.56. The number of primary amides is 1. The van der Waals surface area contributed by atoms with Gasteiger partial charge in [-0.25, -0.2) is 4.79 Å². The van der Waals surface area contributed by atoms with Gasteiger partial charge in [0, 0.05) is 6.42 Å². The summed E-state index contributed by atoms with van der Waals surface area (Å²) in [5.74, 6) is -2.46. The van der Waals surface area contributed by atoms with Crippen LogP contribution < -0.4 is 16.2 Å². The first-order valence-electron chi connectivity index (χ1n) is 7.34. The third-order valence-electron chi connectivity index (χ3n) is 3.75. The zero-order valence-corrected chi connectivity index (χ0v) is 12.8. The SMILES string of the molecule is NC(=O)[C@H](N)CCC(=O)N1CC(Oc2cccc(O)c2C(=O)O)C1. The van der Waals surface area contributed by atoms with Crippen molar-refractivity contribution in [1.29, 1.82) is 0 Å². The Kier molecular flexibility index (Phi) is 5.24. The summed E-state index contributed by atoms with van der Waals surface area (Å²) in [6.45, 7) is 0.582. The highest BCUT2D eigenvalue weighted by Crippen LogP contribution is 2.29. The number of phenols is 1. The van der Waals surface area contributed by atoms with Crippen molar-refractivity contribution in [3.8, 4) is 11.5 Å². The van der Waals surface area contributed by atoms with Crippen LogP contribution in [-0.2, 0) is 9.59 Å². The molecule has 1 aromatic carbocycles. The van der Waals surface area contributed by atoms with Crippen LogP contribution in [0.25, 0.3) is 0 Å². The smallest absolute Gasteiger partial charge is 0.343 e. The molecule has 1 aliphatic heterocycles. The van der Waals surface area contributed by atoms with Gasteiger partial charge in [0.05, 0.1) is 19.1 Å². The van der Waals surface area contributed by atoms with Crippen molar-refractivity contribution in [1.82, 2.24) is 4.90 Å². The van der Waals surface area contributed by atoms with Crippen LogP contribution in [0.5, 0.6) is 11.5 Å². The number of benzene rings is 1. The number of carboxylic acid groups (broad SMARTS) is 1. The minimum absolute atomic E-state index is 0.0512. The Morgan fingerprint density at radius 1 is 1.33 bits per heavy atom. The van der Waals surface area contributed by atoms with Crippen LogP contribution in [0.15, 0.2) is 18.2 Å². The van der Waals surface area contributed by atoms with Gasteiger partial charge in [0.2, 0.25) is 11.8 Å². The van der Waals surface area contributed by atoms with Gasteiger partial charge in [-0.15, -0.1) is 0 Å². The van der Waals surface area contributed by atoms with Gasteiger partial charge in [-0.2, -0.15) is 0 Å². The fraction of sp³-hybridized carbons (Fsp3) is 0.400. The second-order valence-electron chi connectivity index (χ2n) is 5.54. The van der Waals surface area contributed by atoms with Crippen LogP contribution in [0.3, 0.4) is 0 Å². The molecule has 0 saturated carbocycles. The number of amides is 2. The Hall–Kier alpha value is -2.81. The van der Waals surface area contributed by atoms with Gasteiger partial charge in [-0.05, 0) is 18.6 Å². The molecule has 1 aromatic rings. The number of hydrogen-bond donors (Lipinski definition) is 4. The molecule has 1 aliphatic rings. The Morgan fingerprint density at radius 3 is 2.58 bits per heavy atom. The average Bonchev–Trinajstić information content (AvgIpc) is 2.47. The van der Waals surface area contributed by atoms with E-state index in [0.29, 0.717) is 13.1 Å². The fourth-order valence-corrected chi connectivity index (χ4v) is 2.31. The molecule has 0 radical (unpaired) electrons. The lowest BCUT2D eigenvalue weighted by Gasteiger charge is -2.39. The van der Waals surface area contributed by atoms with Crippen molar-refractivity contribution in [2.24, 2.45) is 11.5 Å². The number of hydrogen-bond acceptors (Lipinski definition) is 6. The average molecular weight is 337 g/mol. The topological polar surface area (TPSA) is 156 Å². The van der Waals surface area contributed by atoms with Crippen LogP contribution in [0.2, 0.25) is 0 Å². The molecule has 0 spiro atoms. The molecule has 24 heavy (non-hydrogen) atoms. The first kappa shape index (κ1) is 17.5. The lowest BCUT2D eigenvalue weighted by atomic mass is 10.1. The maximum Gasteiger partial charge on any atom is 0.343 e. The van der Waals surface area contributed by atoms with Crippen LogP contribution in [0.4, 0.5) is 0 Å². The molecule has 1 saturated heterocycles. The summed E-state index contributed by atoms with van der Waals surface area (Å²) in [5.41, 5.74) is 10.2. The molecule has 0 aliphatic carbocycles. The number of ether oxygens (including phenoxy) is 1. The van der Waals surface area contributed by atoms with Crippen molar-refractivity contribution in [2.45, 2.75) is 25.0 Å². The summed E-state index contributed by atoms with van der Waals surface area (Å²) in [6, 6.07) is 3.32. The Morgan fingerprint density at radius 2 is 2.00 bits per heavy atom. The molecule has 9 heteroatoms. The molecular formula is C15H19N3O6. The highest BCUT2D eigenvalue weighted by molar-refractivity contribution is 5.94. The van der Waals surface area contributed by atoms with E-state index in [9.17, 15) is 19.5 Å². The predicted octanol–water partition coefficient (Wildman–Crippen LogP) is -0.727. The number of rotatable bonds is 7. The van der Waals surface area contributed by atoms with E-state index in [2.05, 4.69) is 0 Å². The van der Waals surface area contributed by atoms with Crippen molar-refractivity contribution < 1.29 is 29.3 Å². The van der Waals surface area contributed by atoms with Gasteiger partial charge < -0.3 is 31.3 Å². The summed E-state index contributed by atoms with van der Waals surface area (Å²) in [5, 5.41) is 18.7. The van der Waals surface area contributed by atoms with E-state index >= 15 is 0 Å². The number of carbonyl (C=O) groups is 3. The van der Waals surface area contributed by atoms with Crippen LogP contribution in [0.1, 0.15) is 23.2 Å². The number of nitrogens with two attached hydrogens (primary N) is 2. The van der Waals surface area contributed by atoms with Gasteiger partial charge in [0.25, 0.3) is 0 Å². The van der Waals surface area contributed by atoms with E-state index in [-0.39, 0.29) is 41.9 Å². The maximum atomic E-state index is 11.9. The van der Waals surface area contributed by atoms with Gasteiger partial charge in [-0.3, -0.25) is 9.59 Å². The van der Waals surface area contributed by atoms with Gasteiger partial charge in [0.1, 0.15) is 23.2 Å². The minimum atomic E-state index is -1.30. The summed E-state index contributed by atoms with van der Waals surface area (Å²) in [6.07, 6.45) is -0.0893. The van der Waals surface area contributed by atoms with E-state index in [1.165, 1.54) is 23.1 Å². The predicted molar refractivity (Wildman–Crippen MR) is 82.5 cm³/mol. The minimum Gasteiger partial charge on any atom is -0.507 e. The molecule has 9 nitrogen and oxygen atoms in total. The summed E-state index contributed by atoms with van der Waals surface area (Å²) in [4.78, 5) is 35.4. The molecule has 0 aromatic heterocycles. The number of carboxylic acids is 1. The summed E-state index contributed by atoms with van der Waals surface area (Å²) >= 11 is 0. The van der Waals surface area contributed by atoms with Crippen molar-refractivity contribution >= 4 is 17.8 Å². The standard InChI is InChI=1S/C15H19N3O6/c16-9(14(17)21)4-5-12(20)18-6-8(7-18)24-11-3-1-2-10(19)13(11)15(22)23/h1-3,8-9,19H,4-7,16H2,(H2,17,21)(H,22,23)/t9-/m1/s1. The van der Waals surface area contributed by atoms with Crippen LogP contribution in [0, 0.1) is 0 Å². The molecule has 2 amide bonds. The third kappa shape index (κ3) is 3.93. The number of likely N-dealkylation sites (tertiary alicyclic amines) is 1. The number of aromatic carboxylic acids is 1. The molecule has 0 unspecified atom stereocenters. The van der Waals surface area contributed by atoms with E-state index in [4.69, 9.17) is 21.3 Å². The lowest BCUT2D eigenvalue weighted by molar-refractivity contribution is -0.140. The van der Waals surface area contributed by atoms with Crippen LogP contribution in [-0.4, -0.2) is 58.1 Å². The first-order chi connectivity index (χ1) is 11.3. The van der Waals surface area contributed by atoms with Crippen molar-refractivity contribution in [3.05, 3.63) is 23.8 Å². The molecule has 130 valence electrons. The largest absolute Gasteiger partial charge is 0.507 e. The monoisotopic (exact) mass is 337 g/mol. The van der Waals surface area contributed by atoms with E-state index < -0.39 is 17.9 Å². The van der Waals surface area contributed by atoms with Crippen molar-refractivity contribution in [3.63, 3.8) is 0 Å². The van der Waals surface area contributed by atoms with E-state index in [1.807, 2.05) is 0 Å². The van der Waals surface area contributed by atoms with Crippen LogP contribution >= 0.6 is 0 Å². The Bertz CT molecular complexity index is 657. The van der Waals surface area contributed by atoms with E-state index in [1.54, 1.807) is 0 Å². The summed E-state index contributed by atoms with van der Waals surface area (Å²) < 4.78 is 5.53. The number of aromatic hydroxyl groups is 1. The number of nitrogens with zero attached hydrogens (tertiary/aromatic N) is 1. The maximum absolute atomic E-state index is 11.9. The van der Waals surface area contributed by atoms with E-state index in [0.717, 1.165) is 0 Å². The zero-order valence-electron chi connectivity index (χ0n) is 12.8. The zero-order chi connectivity index (χ0) is 17.9. The van der Waals surface area contributed by atoms with Gasteiger partial charge in [-0.1, -0.05) is 6.07 Å². The Labute approximate surface area is 137 Å². The molecule has 2 rings (SSSR count). The normalized spacial score (nSPS) is 15.5. The summed E-state index contributed by atoms with van der Waals surface area (Å²) in [7, 11) is 0. The molecule has 1 heterocycles. The first-order valence-corrected chi connectivity index (χ1v) is 7.34. The second kappa shape index (κ2) is 7.18. The molecule has 0 bridgehead atoms. The second-order valence-corrected chi connectivity index (χ2v) is 5.54. The molecular weight excluding hydrogens is 318 g/mol.